The molecule has 0 amide bonds. The SMILES string of the molecule is Cc1ccc(S(=O)(=O)N[C@@H](C)Cc2cn(C3CCCc4cc(CNC(C)(C)C)ccc43)nn2)cc1. The molecule has 1 aliphatic rings. The van der Waals surface area contributed by atoms with Gasteiger partial charge in [0.2, 0.25) is 10.0 Å². The van der Waals surface area contributed by atoms with E-state index in [4.69, 9.17) is 0 Å². The molecule has 0 saturated carbocycles. The van der Waals surface area contributed by atoms with Crippen LogP contribution in [0.4, 0.5) is 0 Å². The fourth-order valence-corrected chi connectivity index (χ4v) is 5.80. The zero-order valence-electron chi connectivity index (χ0n) is 21.4. The molecule has 0 fully saturated rings. The molecule has 1 aromatic heterocycles. The lowest BCUT2D eigenvalue weighted by Gasteiger charge is -2.27. The zero-order valence-corrected chi connectivity index (χ0v) is 22.2. The lowest BCUT2D eigenvalue weighted by molar-refractivity contribution is 0.422. The van der Waals surface area contributed by atoms with Gasteiger partial charge in [-0.15, -0.1) is 5.10 Å². The Kier molecular flexibility index (Phi) is 7.45. The Hall–Kier alpha value is -2.55. The first-order valence-corrected chi connectivity index (χ1v) is 13.8. The highest BCUT2D eigenvalue weighted by molar-refractivity contribution is 7.89. The van der Waals surface area contributed by atoms with Gasteiger partial charge in [0.1, 0.15) is 0 Å². The van der Waals surface area contributed by atoms with Crippen molar-refractivity contribution in [1.82, 2.24) is 25.0 Å². The van der Waals surface area contributed by atoms with Crippen LogP contribution in [0.5, 0.6) is 0 Å². The Morgan fingerprint density at radius 1 is 1.14 bits per heavy atom. The summed E-state index contributed by atoms with van der Waals surface area (Å²) in [7, 11) is -3.58. The summed E-state index contributed by atoms with van der Waals surface area (Å²) in [6.07, 6.45) is 5.64. The molecule has 2 N–H and O–H groups in total. The van der Waals surface area contributed by atoms with Crippen LogP contribution in [0.3, 0.4) is 0 Å². The Bertz CT molecular complexity index is 1260. The number of hydrogen-bond donors (Lipinski definition) is 2. The molecule has 1 aliphatic carbocycles. The minimum absolute atomic E-state index is 0.0844. The molecule has 8 heteroatoms. The van der Waals surface area contributed by atoms with E-state index in [0.717, 1.165) is 37.1 Å². The minimum atomic E-state index is -3.58. The number of benzene rings is 2. The highest BCUT2D eigenvalue weighted by Gasteiger charge is 2.24. The van der Waals surface area contributed by atoms with Crippen LogP contribution in [0.25, 0.3) is 0 Å². The van der Waals surface area contributed by atoms with Gasteiger partial charge in [-0.1, -0.05) is 41.1 Å². The van der Waals surface area contributed by atoms with Crippen molar-refractivity contribution in [1.29, 1.82) is 0 Å². The molecule has 35 heavy (non-hydrogen) atoms. The van der Waals surface area contributed by atoms with E-state index >= 15 is 0 Å². The van der Waals surface area contributed by atoms with Crippen LogP contribution in [0.15, 0.2) is 53.6 Å². The Morgan fingerprint density at radius 3 is 2.60 bits per heavy atom. The predicted molar refractivity (Wildman–Crippen MR) is 139 cm³/mol. The second kappa shape index (κ2) is 10.2. The van der Waals surface area contributed by atoms with Gasteiger partial charge in [-0.05, 0) is 82.7 Å². The fourth-order valence-electron chi connectivity index (χ4n) is 4.56. The summed E-state index contributed by atoms with van der Waals surface area (Å²) in [6, 6.07) is 13.5. The number of nitrogens with zero attached hydrogens (tertiary/aromatic N) is 3. The summed E-state index contributed by atoms with van der Waals surface area (Å²) in [4.78, 5) is 0.273. The Labute approximate surface area is 209 Å². The van der Waals surface area contributed by atoms with Crippen molar-refractivity contribution in [3.63, 3.8) is 0 Å². The van der Waals surface area contributed by atoms with E-state index in [0.29, 0.717) is 6.42 Å². The number of aromatic nitrogens is 3. The molecular formula is C27H37N5O2S. The summed E-state index contributed by atoms with van der Waals surface area (Å²) >= 11 is 0. The minimum Gasteiger partial charge on any atom is -0.308 e. The Morgan fingerprint density at radius 2 is 1.89 bits per heavy atom. The molecule has 1 unspecified atom stereocenters. The van der Waals surface area contributed by atoms with Crippen LogP contribution in [-0.2, 0) is 29.4 Å². The first kappa shape index (κ1) is 25.5. The van der Waals surface area contributed by atoms with E-state index in [-0.39, 0.29) is 22.5 Å². The van der Waals surface area contributed by atoms with Crippen LogP contribution in [0.2, 0.25) is 0 Å². The van der Waals surface area contributed by atoms with Crippen molar-refractivity contribution in [3.8, 4) is 0 Å². The highest BCUT2D eigenvalue weighted by Crippen LogP contribution is 2.33. The van der Waals surface area contributed by atoms with Gasteiger partial charge < -0.3 is 5.32 Å². The molecule has 0 saturated heterocycles. The summed E-state index contributed by atoms with van der Waals surface area (Å²) in [5.41, 5.74) is 5.87. The van der Waals surface area contributed by atoms with E-state index in [2.05, 4.69) is 59.3 Å². The van der Waals surface area contributed by atoms with Crippen molar-refractivity contribution >= 4 is 10.0 Å². The van der Waals surface area contributed by atoms with Gasteiger partial charge in [0.25, 0.3) is 0 Å². The smallest absolute Gasteiger partial charge is 0.240 e. The van der Waals surface area contributed by atoms with Crippen LogP contribution in [0, 0.1) is 6.92 Å². The second-order valence-electron chi connectivity index (χ2n) is 10.8. The average Bonchev–Trinajstić information content (AvgIpc) is 3.24. The first-order valence-electron chi connectivity index (χ1n) is 12.4. The first-order chi connectivity index (χ1) is 16.5. The maximum atomic E-state index is 12.7. The number of aryl methyl sites for hydroxylation is 2. The molecule has 0 bridgehead atoms. The van der Waals surface area contributed by atoms with E-state index in [1.807, 2.05) is 24.7 Å². The van der Waals surface area contributed by atoms with Crippen LogP contribution >= 0.6 is 0 Å². The molecule has 0 aliphatic heterocycles. The number of rotatable bonds is 8. The normalized spacial score (nSPS) is 17.2. The maximum absolute atomic E-state index is 12.7. The molecule has 0 radical (unpaired) electrons. The van der Waals surface area contributed by atoms with E-state index in [1.54, 1.807) is 24.3 Å². The third-order valence-corrected chi connectivity index (χ3v) is 8.00. The van der Waals surface area contributed by atoms with Gasteiger partial charge in [0.15, 0.2) is 0 Å². The van der Waals surface area contributed by atoms with Gasteiger partial charge in [-0.25, -0.2) is 17.8 Å². The van der Waals surface area contributed by atoms with Gasteiger partial charge >= 0.3 is 0 Å². The van der Waals surface area contributed by atoms with Crippen molar-refractivity contribution in [3.05, 3.63) is 76.6 Å². The van der Waals surface area contributed by atoms with Gasteiger partial charge in [-0.3, -0.25) is 0 Å². The van der Waals surface area contributed by atoms with E-state index < -0.39 is 10.0 Å². The fraction of sp³-hybridized carbons (Fsp3) is 0.481. The second-order valence-corrected chi connectivity index (χ2v) is 12.5. The summed E-state index contributed by atoms with van der Waals surface area (Å²) < 4.78 is 30.1. The monoisotopic (exact) mass is 495 g/mol. The quantitative estimate of drug-likeness (QED) is 0.486. The molecule has 4 rings (SSSR count). The molecule has 7 nitrogen and oxygen atoms in total. The summed E-state index contributed by atoms with van der Waals surface area (Å²) in [5, 5.41) is 12.3. The summed E-state index contributed by atoms with van der Waals surface area (Å²) in [6.45, 7) is 11.2. The molecule has 188 valence electrons. The largest absolute Gasteiger partial charge is 0.308 e. The van der Waals surface area contributed by atoms with E-state index in [1.165, 1.54) is 16.7 Å². The molecule has 1 heterocycles. The molecule has 3 aromatic rings. The van der Waals surface area contributed by atoms with Crippen LogP contribution in [-0.4, -0.2) is 35.0 Å². The molecule has 2 atom stereocenters. The standard InChI is InChI=1S/C27H37N5O2S/c1-19-9-12-24(13-10-19)35(33,34)30-20(2)15-23-18-32(31-29-23)26-8-6-7-22-16-21(11-14-25(22)26)17-28-27(3,4)5/h9-14,16,18,20,26,28,30H,6-8,15,17H2,1-5H3/t20-,26?/m0/s1. The highest BCUT2D eigenvalue weighted by atomic mass is 32.2. The number of hydrogen-bond acceptors (Lipinski definition) is 5. The third kappa shape index (κ3) is 6.57. The number of fused-ring (bicyclic) bond motifs is 1. The zero-order chi connectivity index (χ0) is 25.2. The number of sulfonamides is 1. The van der Waals surface area contributed by atoms with Crippen molar-refractivity contribution in [2.45, 2.75) is 89.4 Å². The number of nitrogens with one attached hydrogen (secondary N) is 2. The third-order valence-electron chi connectivity index (χ3n) is 6.39. The van der Waals surface area contributed by atoms with Crippen molar-refractivity contribution in [2.24, 2.45) is 0 Å². The van der Waals surface area contributed by atoms with Crippen molar-refractivity contribution < 1.29 is 8.42 Å². The summed E-state index contributed by atoms with van der Waals surface area (Å²) in [5.74, 6) is 0. The van der Waals surface area contributed by atoms with E-state index in [9.17, 15) is 8.42 Å². The Balaban J connectivity index is 1.43. The van der Waals surface area contributed by atoms with Gasteiger partial charge in [0, 0.05) is 30.7 Å². The van der Waals surface area contributed by atoms with Gasteiger partial charge in [-0.2, -0.15) is 0 Å². The van der Waals surface area contributed by atoms with Crippen LogP contribution < -0.4 is 10.0 Å². The molecule has 0 spiro atoms. The molecular weight excluding hydrogens is 458 g/mol. The van der Waals surface area contributed by atoms with Crippen LogP contribution in [0.1, 0.15) is 74.5 Å². The predicted octanol–water partition coefficient (Wildman–Crippen LogP) is 4.31. The lowest BCUT2D eigenvalue weighted by atomic mass is 9.86. The topological polar surface area (TPSA) is 88.9 Å². The van der Waals surface area contributed by atoms with Gasteiger partial charge in [0.05, 0.1) is 16.6 Å². The molecule has 2 aromatic carbocycles. The lowest BCUT2D eigenvalue weighted by Crippen LogP contribution is -2.35. The maximum Gasteiger partial charge on any atom is 0.240 e. The van der Waals surface area contributed by atoms with Crippen molar-refractivity contribution in [2.75, 3.05) is 0 Å². The average molecular weight is 496 g/mol.